The fourth-order valence-electron chi connectivity index (χ4n) is 2.31. The van der Waals surface area contributed by atoms with Gasteiger partial charge in [0.05, 0.1) is 9.99 Å². The molecule has 0 aliphatic heterocycles. The van der Waals surface area contributed by atoms with Crippen LogP contribution in [0.2, 0.25) is 0 Å². The van der Waals surface area contributed by atoms with Crippen molar-refractivity contribution in [2.24, 2.45) is 0 Å². The smallest absolute Gasteiger partial charge is 0.118 e. The highest BCUT2D eigenvalue weighted by Gasteiger charge is 2.12. The Morgan fingerprint density at radius 3 is 2.62 bits per heavy atom. The van der Waals surface area contributed by atoms with Gasteiger partial charge in [-0.3, -0.25) is 0 Å². The molecule has 0 aliphatic carbocycles. The summed E-state index contributed by atoms with van der Waals surface area (Å²) in [5.74, 6) is 0.923. The number of methoxy groups -OCH3 is 1. The molecule has 2 nitrogen and oxygen atoms in total. The van der Waals surface area contributed by atoms with Gasteiger partial charge < -0.3 is 10.1 Å². The first-order chi connectivity index (χ1) is 10.2. The van der Waals surface area contributed by atoms with E-state index in [9.17, 15) is 0 Å². The van der Waals surface area contributed by atoms with E-state index in [-0.39, 0.29) is 0 Å². The number of thiophene rings is 1. The molecule has 1 heterocycles. The fraction of sp³-hybridized carbons (Fsp3) is 0.412. The topological polar surface area (TPSA) is 21.3 Å². The summed E-state index contributed by atoms with van der Waals surface area (Å²) in [5, 5.41) is 5.95. The van der Waals surface area contributed by atoms with E-state index in [1.165, 1.54) is 20.4 Å². The first kappa shape index (κ1) is 16.8. The summed E-state index contributed by atoms with van der Waals surface area (Å²) in [7, 11) is 1.71. The average molecular weight is 415 g/mol. The number of hydrogen-bond donors (Lipinski definition) is 1. The van der Waals surface area contributed by atoms with Crippen molar-refractivity contribution in [1.82, 2.24) is 5.32 Å². The van der Waals surface area contributed by atoms with E-state index in [0.29, 0.717) is 6.04 Å². The third kappa shape index (κ3) is 5.27. The van der Waals surface area contributed by atoms with Crippen molar-refractivity contribution >= 4 is 33.9 Å². The molecule has 1 N–H and O–H groups in total. The van der Waals surface area contributed by atoms with E-state index < -0.39 is 0 Å². The number of hydrogen-bond acceptors (Lipinski definition) is 3. The van der Waals surface area contributed by atoms with E-state index in [4.69, 9.17) is 4.74 Å². The van der Waals surface area contributed by atoms with Crippen LogP contribution in [0, 0.1) is 2.88 Å². The lowest BCUT2D eigenvalue weighted by molar-refractivity contribution is 0.414. The molecule has 1 unspecified atom stereocenters. The van der Waals surface area contributed by atoms with Gasteiger partial charge in [-0.05, 0) is 83.1 Å². The zero-order valence-electron chi connectivity index (χ0n) is 12.6. The molecule has 0 amide bonds. The van der Waals surface area contributed by atoms with Crippen LogP contribution in [0.15, 0.2) is 35.7 Å². The van der Waals surface area contributed by atoms with Gasteiger partial charge in [0.25, 0.3) is 0 Å². The maximum absolute atomic E-state index is 5.21. The van der Waals surface area contributed by atoms with E-state index in [2.05, 4.69) is 58.4 Å². The molecule has 0 bridgehead atoms. The highest BCUT2D eigenvalue weighted by Crippen LogP contribution is 2.26. The molecule has 1 aromatic carbocycles. The minimum atomic E-state index is 0.451. The quantitative estimate of drug-likeness (QED) is 0.611. The number of rotatable bonds is 8. The number of benzene rings is 1. The molecule has 0 aliphatic rings. The highest BCUT2D eigenvalue weighted by molar-refractivity contribution is 14.1. The third-order valence-corrected chi connectivity index (χ3v) is 5.32. The summed E-state index contributed by atoms with van der Waals surface area (Å²) in [6.45, 7) is 3.28. The van der Waals surface area contributed by atoms with Crippen LogP contribution in [0.3, 0.4) is 0 Å². The molecule has 1 aromatic heterocycles. The molecule has 2 aromatic rings. The van der Waals surface area contributed by atoms with Crippen molar-refractivity contribution in [3.05, 3.63) is 49.7 Å². The Hall–Kier alpha value is -0.590. The first-order valence-electron chi connectivity index (χ1n) is 7.33. The fourth-order valence-corrected chi connectivity index (χ4v) is 3.74. The second-order valence-corrected chi connectivity index (χ2v) is 7.88. The predicted molar refractivity (Wildman–Crippen MR) is 99.4 cm³/mol. The normalized spacial score (nSPS) is 12.3. The highest BCUT2D eigenvalue weighted by atomic mass is 127. The van der Waals surface area contributed by atoms with E-state index >= 15 is 0 Å². The molecular weight excluding hydrogens is 393 g/mol. The maximum atomic E-state index is 5.21. The Morgan fingerprint density at radius 1 is 1.29 bits per heavy atom. The Kier molecular flexibility index (Phi) is 6.99. The van der Waals surface area contributed by atoms with E-state index in [1.54, 1.807) is 7.11 Å². The van der Waals surface area contributed by atoms with Gasteiger partial charge in [0, 0.05) is 6.04 Å². The van der Waals surface area contributed by atoms with Crippen LogP contribution in [0.25, 0.3) is 0 Å². The molecule has 0 fully saturated rings. The van der Waals surface area contributed by atoms with Crippen molar-refractivity contribution in [1.29, 1.82) is 0 Å². The van der Waals surface area contributed by atoms with Crippen molar-refractivity contribution in [2.45, 2.75) is 32.2 Å². The Morgan fingerprint density at radius 2 is 2.05 bits per heavy atom. The molecular formula is C17H22INOS. The summed E-state index contributed by atoms with van der Waals surface area (Å²) < 4.78 is 6.56. The molecule has 0 saturated heterocycles. The monoisotopic (exact) mass is 415 g/mol. The van der Waals surface area contributed by atoms with Crippen LogP contribution >= 0.6 is 33.9 Å². The van der Waals surface area contributed by atoms with Crippen molar-refractivity contribution in [3.8, 4) is 5.75 Å². The Bertz CT molecular complexity index is 538. The lowest BCUT2D eigenvalue weighted by Gasteiger charge is -2.17. The second kappa shape index (κ2) is 8.76. The van der Waals surface area contributed by atoms with Crippen LogP contribution in [0.1, 0.15) is 36.9 Å². The number of nitrogens with one attached hydrogen (secondary N) is 1. The molecule has 1 atom stereocenters. The number of halogens is 1. The van der Waals surface area contributed by atoms with Gasteiger partial charge >= 0.3 is 0 Å². The van der Waals surface area contributed by atoms with Gasteiger partial charge in [0.1, 0.15) is 5.75 Å². The summed E-state index contributed by atoms with van der Waals surface area (Å²) in [6.07, 6.45) is 3.37. The first-order valence-corrected chi connectivity index (χ1v) is 9.29. The number of ether oxygens (including phenoxy) is 1. The zero-order valence-corrected chi connectivity index (χ0v) is 15.5. The molecule has 21 heavy (non-hydrogen) atoms. The summed E-state index contributed by atoms with van der Waals surface area (Å²) in [4.78, 5) is 0. The van der Waals surface area contributed by atoms with Crippen LogP contribution < -0.4 is 10.1 Å². The second-order valence-electron chi connectivity index (χ2n) is 5.08. The molecule has 0 radical (unpaired) electrons. The van der Waals surface area contributed by atoms with Crippen molar-refractivity contribution < 1.29 is 4.74 Å². The average Bonchev–Trinajstić information content (AvgIpc) is 2.94. The van der Waals surface area contributed by atoms with Crippen LogP contribution in [0.5, 0.6) is 5.75 Å². The van der Waals surface area contributed by atoms with Gasteiger partial charge in [-0.15, -0.1) is 11.3 Å². The van der Waals surface area contributed by atoms with Crippen LogP contribution in [-0.4, -0.2) is 13.7 Å². The minimum Gasteiger partial charge on any atom is -0.497 e. The van der Waals surface area contributed by atoms with Crippen molar-refractivity contribution in [3.63, 3.8) is 0 Å². The van der Waals surface area contributed by atoms with E-state index in [0.717, 1.165) is 25.1 Å². The Balaban J connectivity index is 1.97. The minimum absolute atomic E-state index is 0.451. The summed E-state index contributed by atoms with van der Waals surface area (Å²) in [5.41, 5.74) is 2.79. The van der Waals surface area contributed by atoms with E-state index in [1.807, 2.05) is 23.5 Å². The van der Waals surface area contributed by atoms with Gasteiger partial charge in [0.2, 0.25) is 0 Å². The molecule has 2 rings (SSSR count). The largest absolute Gasteiger partial charge is 0.497 e. The van der Waals surface area contributed by atoms with Crippen LogP contribution in [-0.2, 0) is 6.42 Å². The summed E-state index contributed by atoms with van der Waals surface area (Å²) >= 11 is 4.22. The third-order valence-electron chi connectivity index (χ3n) is 3.51. The molecule has 0 spiro atoms. The Labute approximate surface area is 145 Å². The van der Waals surface area contributed by atoms with Gasteiger partial charge in [-0.1, -0.05) is 19.1 Å². The summed E-state index contributed by atoms with van der Waals surface area (Å²) in [6, 6.07) is 11.1. The van der Waals surface area contributed by atoms with Gasteiger partial charge in [-0.2, -0.15) is 0 Å². The molecule has 0 saturated carbocycles. The van der Waals surface area contributed by atoms with Crippen molar-refractivity contribution in [2.75, 3.05) is 13.7 Å². The standard InChI is InChI=1S/C17H22INOS/c1-3-10-19-16(14-11-17(18)21-12-14)9-6-13-4-7-15(20-2)8-5-13/h4-5,7-8,11-12,16,19H,3,6,9-10H2,1-2H3. The van der Waals surface area contributed by atoms with Crippen LogP contribution in [0.4, 0.5) is 0 Å². The zero-order chi connectivity index (χ0) is 15.1. The molecule has 114 valence electrons. The predicted octanol–water partition coefficient (Wildman–Crippen LogP) is 5.03. The SMILES string of the molecule is CCCNC(CCc1ccc(OC)cc1)c1csc(I)c1. The lowest BCUT2D eigenvalue weighted by atomic mass is 10.0. The molecule has 4 heteroatoms. The lowest BCUT2D eigenvalue weighted by Crippen LogP contribution is -2.22. The van der Waals surface area contributed by atoms with Gasteiger partial charge in [0.15, 0.2) is 0 Å². The number of aryl methyl sites for hydroxylation is 1. The van der Waals surface area contributed by atoms with Gasteiger partial charge in [-0.25, -0.2) is 0 Å². The maximum Gasteiger partial charge on any atom is 0.118 e.